The molecule has 0 aliphatic rings. The highest BCUT2D eigenvalue weighted by Gasteiger charge is 2.20. The van der Waals surface area contributed by atoms with E-state index < -0.39 is 0 Å². The molecule has 0 aliphatic heterocycles. The normalized spacial score (nSPS) is 12.3. The highest BCUT2D eigenvalue weighted by molar-refractivity contribution is 6.23. The van der Waals surface area contributed by atoms with Gasteiger partial charge in [-0.05, 0) is 56.3 Å². The maximum absolute atomic E-state index is 6.64. The van der Waals surface area contributed by atoms with E-state index in [-0.39, 0.29) is 5.41 Å². The smallest absolute Gasteiger partial charge is 0.143 e. The van der Waals surface area contributed by atoms with Gasteiger partial charge in [0.15, 0.2) is 0 Å². The van der Waals surface area contributed by atoms with Gasteiger partial charge in [0.25, 0.3) is 0 Å². The van der Waals surface area contributed by atoms with Gasteiger partial charge in [-0.2, -0.15) is 0 Å². The molecule has 0 amide bonds. The molecular formula is C42H30N2O. The Labute approximate surface area is 260 Å². The van der Waals surface area contributed by atoms with Crippen LogP contribution < -0.4 is 0 Å². The predicted octanol–water partition coefficient (Wildman–Crippen LogP) is 11.6. The molecule has 9 aromatic rings. The Morgan fingerprint density at radius 1 is 0.556 bits per heavy atom. The summed E-state index contributed by atoms with van der Waals surface area (Å²) in [7, 11) is 0. The Balaban J connectivity index is 1.31. The van der Waals surface area contributed by atoms with E-state index in [9.17, 15) is 0 Å². The van der Waals surface area contributed by atoms with Gasteiger partial charge in [0.2, 0.25) is 0 Å². The van der Waals surface area contributed by atoms with Gasteiger partial charge in [0.1, 0.15) is 11.2 Å². The first-order valence-corrected chi connectivity index (χ1v) is 15.5. The molecule has 0 saturated carbocycles. The van der Waals surface area contributed by atoms with Crippen LogP contribution in [0.15, 0.2) is 132 Å². The minimum absolute atomic E-state index is 0.0735. The third kappa shape index (κ3) is 3.97. The fourth-order valence-electron chi connectivity index (χ4n) is 6.92. The molecule has 0 aliphatic carbocycles. The van der Waals surface area contributed by atoms with Crippen LogP contribution in [0.4, 0.5) is 0 Å². The first-order chi connectivity index (χ1) is 21.9. The second-order valence-electron chi connectivity index (χ2n) is 13.0. The molecule has 2 heterocycles. The van der Waals surface area contributed by atoms with Gasteiger partial charge < -0.3 is 4.42 Å². The summed E-state index contributed by atoms with van der Waals surface area (Å²) < 4.78 is 6.64. The van der Waals surface area contributed by atoms with Crippen LogP contribution in [0.5, 0.6) is 0 Å². The van der Waals surface area contributed by atoms with Crippen LogP contribution in [0.25, 0.3) is 87.7 Å². The summed E-state index contributed by atoms with van der Waals surface area (Å²) >= 11 is 0. The van der Waals surface area contributed by atoms with Crippen LogP contribution in [-0.4, -0.2) is 9.97 Å². The van der Waals surface area contributed by atoms with E-state index in [1.54, 1.807) is 0 Å². The number of hydrogen-bond acceptors (Lipinski definition) is 3. The van der Waals surface area contributed by atoms with Gasteiger partial charge in [-0.1, -0.05) is 124 Å². The van der Waals surface area contributed by atoms with Crippen LogP contribution in [0.1, 0.15) is 26.3 Å². The fourth-order valence-corrected chi connectivity index (χ4v) is 6.92. The van der Waals surface area contributed by atoms with Crippen molar-refractivity contribution in [1.82, 2.24) is 9.97 Å². The number of benzene rings is 7. The maximum atomic E-state index is 6.64. The molecule has 0 atom stereocenters. The highest BCUT2D eigenvalue weighted by Crippen LogP contribution is 2.41. The van der Waals surface area contributed by atoms with Crippen molar-refractivity contribution in [2.45, 2.75) is 26.2 Å². The molecule has 0 N–H and O–H groups in total. The summed E-state index contributed by atoms with van der Waals surface area (Å²) in [5.41, 5.74) is 8.91. The number of rotatable bonds is 2. The summed E-state index contributed by atoms with van der Waals surface area (Å²) in [4.78, 5) is 10.4. The van der Waals surface area contributed by atoms with Gasteiger partial charge >= 0.3 is 0 Å². The largest absolute Gasteiger partial charge is 0.455 e. The van der Waals surface area contributed by atoms with Crippen LogP contribution >= 0.6 is 0 Å². The van der Waals surface area contributed by atoms with E-state index in [1.165, 1.54) is 27.1 Å². The molecule has 0 spiro atoms. The predicted molar refractivity (Wildman–Crippen MR) is 189 cm³/mol. The number of furan rings is 1. The molecule has 2 aromatic heterocycles. The van der Waals surface area contributed by atoms with Crippen molar-refractivity contribution in [3.05, 3.63) is 133 Å². The lowest BCUT2D eigenvalue weighted by molar-refractivity contribution is 0.590. The Kier molecular flexibility index (Phi) is 5.46. The van der Waals surface area contributed by atoms with E-state index in [4.69, 9.17) is 14.4 Å². The van der Waals surface area contributed by atoms with Crippen LogP contribution in [0.2, 0.25) is 0 Å². The van der Waals surface area contributed by atoms with Gasteiger partial charge in [-0.25, -0.2) is 4.98 Å². The fraction of sp³-hybridized carbons (Fsp3) is 0.0952. The lowest BCUT2D eigenvalue weighted by Gasteiger charge is -2.21. The molecule has 45 heavy (non-hydrogen) atoms. The van der Waals surface area contributed by atoms with Crippen molar-refractivity contribution >= 4 is 65.3 Å². The molecule has 7 aromatic carbocycles. The third-order valence-corrected chi connectivity index (χ3v) is 9.22. The number of para-hydroxylation sites is 1. The van der Waals surface area contributed by atoms with E-state index >= 15 is 0 Å². The number of aromatic nitrogens is 2. The second-order valence-corrected chi connectivity index (χ2v) is 13.0. The zero-order valence-corrected chi connectivity index (χ0v) is 25.4. The van der Waals surface area contributed by atoms with Gasteiger partial charge in [-0.15, -0.1) is 0 Å². The minimum atomic E-state index is -0.0735. The second kappa shape index (κ2) is 9.48. The third-order valence-electron chi connectivity index (χ3n) is 9.22. The van der Waals surface area contributed by atoms with E-state index in [0.717, 1.165) is 66.1 Å². The molecule has 0 saturated heterocycles. The Bertz CT molecular complexity index is 2600. The van der Waals surface area contributed by atoms with E-state index in [2.05, 4.69) is 142 Å². The van der Waals surface area contributed by atoms with Gasteiger partial charge in [0.05, 0.1) is 22.9 Å². The highest BCUT2D eigenvalue weighted by atomic mass is 16.3. The summed E-state index contributed by atoms with van der Waals surface area (Å²) in [6.45, 7) is 6.78. The Morgan fingerprint density at radius 3 is 1.96 bits per heavy atom. The molecule has 0 unspecified atom stereocenters. The maximum Gasteiger partial charge on any atom is 0.143 e. The summed E-state index contributed by atoms with van der Waals surface area (Å²) in [6, 6.07) is 43.1. The first-order valence-electron chi connectivity index (χ1n) is 15.5. The van der Waals surface area contributed by atoms with Crippen molar-refractivity contribution in [3.8, 4) is 22.4 Å². The minimum Gasteiger partial charge on any atom is -0.455 e. The summed E-state index contributed by atoms with van der Waals surface area (Å²) in [5.74, 6) is 0. The van der Waals surface area contributed by atoms with Gasteiger partial charge in [-0.3, -0.25) is 4.98 Å². The summed E-state index contributed by atoms with van der Waals surface area (Å²) in [6.07, 6.45) is 1.93. The molecule has 0 bridgehead atoms. The number of fused-ring (bicyclic) bond motifs is 11. The van der Waals surface area contributed by atoms with Crippen molar-refractivity contribution < 1.29 is 4.42 Å². The molecule has 0 fully saturated rings. The molecule has 3 heteroatoms. The van der Waals surface area contributed by atoms with Gasteiger partial charge in [0, 0.05) is 32.7 Å². The van der Waals surface area contributed by atoms with E-state index in [0.29, 0.717) is 0 Å². The van der Waals surface area contributed by atoms with Crippen molar-refractivity contribution in [1.29, 1.82) is 0 Å². The van der Waals surface area contributed by atoms with Crippen LogP contribution in [0.3, 0.4) is 0 Å². The molecule has 3 nitrogen and oxygen atoms in total. The standard InChI is InChI=1S/C42H30N2O/c1-42(2,3)28-22-26(30-17-10-18-35-38-29-12-5-4-11-25(29)19-20-37(38)45-41(30)35)21-27(23-28)36-24-43-39-33-15-8-6-13-31(33)32-14-7-9-16-34(32)40(39)44-36/h4-24H,1-3H3. The van der Waals surface area contributed by atoms with Crippen LogP contribution in [-0.2, 0) is 5.41 Å². The SMILES string of the molecule is CC(C)(C)c1cc(-c2cnc3c4ccccc4c4ccccc4c3n2)cc(-c2cccc3c2oc2ccc4ccccc4c23)c1. The molecule has 9 rings (SSSR count). The average Bonchev–Trinajstić information content (AvgIpc) is 3.47. The van der Waals surface area contributed by atoms with Crippen molar-refractivity contribution in [2.24, 2.45) is 0 Å². The van der Waals surface area contributed by atoms with Crippen molar-refractivity contribution in [2.75, 3.05) is 0 Å². The number of hydrogen-bond donors (Lipinski definition) is 0. The Hall–Kier alpha value is -5.54. The Morgan fingerprint density at radius 2 is 1.20 bits per heavy atom. The molecule has 0 radical (unpaired) electrons. The molecule has 214 valence electrons. The topological polar surface area (TPSA) is 38.9 Å². The lowest BCUT2D eigenvalue weighted by atomic mass is 9.83. The summed E-state index contributed by atoms with van der Waals surface area (Å²) in [5, 5.41) is 9.35. The molecular weight excluding hydrogens is 548 g/mol. The first kappa shape index (κ1) is 25.9. The zero-order valence-electron chi connectivity index (χ0n) is 25.4. The monoisotopic (exact) mass is 578 g/mol. The number of nitrogens with zero attached hydrogens (tertiary/aromatic N) is 2. The lowest BCUT2D eigenvalue weighted by Crippen LogP contribution is -2.11. The van der Waals surface area contributed by atoms with Crippen molar-refractivity contribution in [3.63, 3.8) is 0 Å². The quantitative estimate of drug-likeness (QED) is 0.192. The average molecular weight is 579 g/mol. The van der Waals surface area contributed by atoms with E-state index in [1.807, 2.05) is 6.20 Å². The zero-order chi connectivity index (χ0) is 30.3. The van der Waals surface area contributed by atoms with Crippen LogP contribution in [0, 0.1) is 0 Å².